The number of carbonyl (C=O) groups is 1. The van der Waals surface area contributed by atoms with Gasteiger partial charge in [0, 0.05) is 23.1 Å². The van der Waals surface area contributed by atoms with Crippen LogP contribution >= 0.6 is 11.6 Å². The summed E-state index contributed by atoms with van der Waals surface area (Å²) in [5.74, 6) is 0.891. The second-order valence-corrected chi connectivity index (χ2v) is 6.93. The van der Waals surface area contributed by atoms with E-state index in [0.29, 0.717) is 11.4 Å². The molecule has 1 heterocycles. The van der Waals surface area contributed by atoms with Gasteiger partial charge >= 0.3 is 0 Å². The zero-order valence-corrected chi connectivity index (χ0v) is 15.5. The van der Waals surface area contributed by atoms with Crippen LogP contribution in [0.2, 0.25) is 5.02 Å². The van der Waals surface area contributed by atoms with E-state index in [1.54, 1.807) is 7.11 Å². The molecule has 0 fully saturated rings. The molecular weight excluding hydrogens is 348 g/mol. The van der Waals surface area contributed by atoms with Crippen molar-refractivity contribution in [2.45, 2.75) is 26.2 Å². The highest BCUT2D eigenvalue weighted by Crippen LogP contribution is 2.35. The molecule has 5 heteroatoms. The van der Waals surface area contributed by atoms with Gasteiger partial charge in [-0.25, -0.2) is 4.68 Å². The van der Waals surface area contributed by atoms with Crippen LogP contribution in [0.25, 0.3) is 16.9 Å². The number of aryl methyl sites for hydroxylation is 2. The van der Waals surface area contributed by atoms with Crippen LogP contribution in [-0.2, 0) is 6.42 Å². The molecule has 0 amide bonds. The fourth-order valence-corrected chi connectivity index (χ4v) is 3.59. The predicted molar refractivity (Wildman–Crippen MR) is 103 cm³/mol. The molecule has 0 saturated heterocycles. The third-order valence-electron chi connectivity index (χ3n) is 4.80. The average Bonchev–Trinajstić information content (AvgIpc) is 3.05. The molecule has 0 N–H and O–H groups in total. The molecule has 3 aromatic rings. The summed E-state index contributed by atoms with van der Waals surface area (Å²) < 4.78 is 7.20. The number of aromatic nitrogens is 2. The lowest BCUT2D eigenvalue weighted by Gasteiger charge is -2.13. The minimum atomic E-state index is 0.145. The van der Waals surface area contributed by atoms with E-state index in [1.165, 1.54) is 0 Å². The van der Waals surface area contributed by atoms with Crippen molar-refractivity contribution in [1.29, 1.82) is 0 Å². The maximum Gasteiger partial charge on any atom is 0.166 e. The predicted octanol–water partition coefficient (Wildman–Crippen LogP) is 5.03. The Kier molecular flexibility index (Phi) is 4.29. The number of hydrogen-bond donors (Lipinski definition) is 0. The molecule has 1 aromatic heterocycles. The number of Topliss-reactive ketones (excluding diaryl/α,β-unsaturated/α-hetero) is 1. The SMILES string of the molecule is COc1cccc(-n2nc3c(c2-c2ccc(C)c(Cl)c2)C(=O)CCC3)c1. The third kappa shape index (κ3) is 2.80. The molecule has 0 radical (unpaired) electrons. The number of halogens is 1. The summed E-state index contributed by atoms with van der Waals surface area (Å²) >= 11 is 6.36. The third-order valence-corrected chi connectivity index (χ3v) is 5.20. The van der Waals surface area contributed by atoms with Crippen molar-refractivity contribution in [3.63, 3.8) is 0 Å². The fraction of sp³-hybridized carbons (Fsp3) is 0.238. The van der Waals surface area contributed by atoms with Crippen molar-refractivity contribution in [2.24, 2.45) is 0 Å². The van der Waals surface area contributed by atoms with Gasteiger partial charge in [0.1, 0.15) is 5.75 Å². The van der Waals surface area contributed by atoms with Crippen LogP contribution in [0.5, 0.6) is 5.75 Å². The molecule has 0 spiro atoms. The van der Waals surface area contributed by atoms with Gasteiger partial charge in [-0.2, -0.15) is 5.10 Å². The first-order valence-corrected chi connectivity index (χ1v) is 9.02. The number of fused-ring (bicyclic) bond motifs is 1. The van der Waals surface area contributed by atoms with Gasteiger partial charge in [0.05, 0.1) is 29.7 Å². The topological polar surface area (TPSA) is 44.1 Å². The molecule has 0 aliphatic heterocycles. The summed E-state index contributed by atoms with van der Waals surface area (Å²) in [4.78, 5) is 12.7. The number of hydrogen-bond acceptors (Lipinski definition) is 3. The minimum Gasteiger partial charge on any atom is -0.497 e. The molecule has 2 aromatic carbocycles. The van der Waals surface area contributed by atoms with Gasteiger partial charge in [0.15, 0.2) is 5.78 Å². The molecular formula is C21H19ClN2O2. The summed E-state index contributed by atoms with van der Waals surface area (Å²) in [6.07, 6.45) is 2.21. The zero-order valence-electron chi connectivity index (χ0n) is 14.8. The Balaban J connectivity index is 1.99. The highest BCUT2D eigenvalue weighted by atomic mass is 35.5. The highest BCUT2D eigenvalue weighted by molar-refractivity contribution is 6.31. The van der Waals surface area contributed by atoms with E-state index >= 15 is 0 Å². The maximum atomic E-state index is 12.7. The van der Waals surface area contributed by atoms with Gasteiger partial charge in [-0.05, 0) is 43.5 Å². The van der Waals surface area contributed by atoms with Crippen LogP contribution < -0.4 is 4.74 Å². The van der Waals surface area contributed by atoms with Crippen LogP contribution in [0.4, 0.5) is 0 Å². The van der Waals surface area contributed by atoms with E-state index in [0.717, 1.165) is 52.4 Å². The molecule has 0 saturated carbocycles. The van der Waals surface area contributed by atoms with Crippen molar-refractivity contribution in [1.82, 2.24) is 9.78 Å². The number of ether oxygens (including phenoxy) is 1. The molecule has 0 atom stereocenters. The fourth-order valence-electron chi connectivity index (χ4n) is 3.41. The first-order chi connectivity index (χ1) is 12.6. The van der Waals surface area contributed by atoms with Crippen LogP contribution in [-0.4, -0.2) is 22.7 Å². The Labute approximate surface area is 157 Å². The second kappa shape index (κ2) is 6.61. The molecule has 4 nitrogen and oxygen atoms in total. The number of ketones is 1. The van der Waals surface area contributed by atoms with Crippen LogP contribution in [0.1, 0.15) is 34.5 Å². The van der Waals surface area contributed by atoms with Gasteiger partial charge in [-0.1, -0.05) is 29.8 Å². The van der Waals surface area contributed by atoms with Crippen molar-refractivity contribution in [3.8, 4) is 22.7 Å². The molecule has 1 aliphatic rings. The lowest BCUT2D eigenvalue weighted by Crippen LogP contribution is -2.10. The average molecular weight is 367 g/mol. The Morgan fingerprint density at radius 2 is 2.00 bits per heavy atom. The quantitative estimate of drug-likeness (QED) is 0.653. The first kappa shape index (κ1) is 16.9. The van der Waals surface area contributed by atoms with Gasteiger partial charge in [0.2, 0.25) is 0 Å². The van der Waals surface area contributed by atoms with Crippen molar-refractivity contribution in [2.75, 3.05) is 7.11 Å². The largest absolute Gasteiger partial charge is 0.497 e. The summed E-state index contributed by atoms with van der Waals surface area (Å²) in [7, 11) is 1.64. The molecule has 0 unspecified atom stereocenters. The van der Waals surface area contributed by atoms with Gasteiger partial charge < -0.3 is 4.74 Å². The van der Waals surface area contributed by atoms with E-state index in [-0.39, 0.29) is 5.78 Å². The standard InChI is InChI=1S/C21H19ClN2O2/c1-13-9-10-14(11-17(13)22)21-20-18(7-4-8-19(20)25)23-24(21)15-5-3-6-16(12-15)26-2/h3,5-6,9-12H,4,7-8H2,1-2H3. The van der Waals surface area contributed by atoms with Crippen LogP contribution in [0, 0.1) is 6.92 Å². The molecule has 26 heavy (non-hydrogen) atoms. The van der Waals surface area contributed by atoms with Crippen molar-refractivity contribution >= 4 is 17.4 Å². The molecule has 4 rings (SSSR count). The lowest BCUT2D eigenvalue weighted by molar-refractivity contribution is 0.0973. The Hall–Kier alpha value is -2.59. The smallest absolute Gasteiger partial charge is 0.166 e. The van der Waals surface area contributed by atoms with Crippen molar-refractivity contribution < 1.29 is 9.53 Å². The number of nitrogens with zero attached hydrogens (tertiary/aromatic N) is 2. The molecule has 1 aliphatic carbocycles. The molecule has 132 valence electrons. The number of benzene rings is 2. The minimum absolute atomic E-state index is 0.145. The van der Waals surface area contributed by atoms with Gasteiger partial charge in [0.25, 0.3) is 0 Å². The Morgan fingerprint density at radius 3 is 2.77 bits per heavy atom. The summed E-state index contributed by atoms with van der Waals surface area (Å²) in [5, 5.41) is 5.45. The molecule has 0 bridgehead atoms. The van der Waals surface area contributed by atoms with Crippen LogP contribution in [0.3, 0.4) is 0 Å². The lowest BCUT2D eigenvalue weighted by atomic mass is 9.92. The summed E-state index contributed by atoms with van der Waals surface area (Å²) in [6, 6.07) is 13.6. The maximum absolute atomic E-state index is 12.7. The number of methoxy groups -OCH3 is 1. The van der Waals surface area contributed by atoms with E-state index in [4.69, 9.17) is 21.4 Å². The zero-order chi connectivity index (χ0) is 18.3. The van der Waals surface area contributed by atoms with Crippen LogP contribution in [0.15, 0.2) is 42.5 Å². The van der Waals surface area contributed by atoms with Gasteiger partial charge in [-0.3, -0.25) is 4.79 Å². The van der Waals surface area contributed by atoms with Crippen molar-refractivity contribution in [3.05, 3.63) is 64.3 Å². The normalized spacial score (nSPS) is 13.6. The van der Waals surface area contributed by atoms with E-state index < -0.39 is 0 Å². The van der Waals surface area contributed by atoms with E-state index in [1.807, 2.05) is 54.1 Å². The van der Waals surface area contributed by atoms with Gasteiger partial charge in [-0.15, -0.1) is 0 Å². The summed E-state index contributed by atoms with van der Waals surface area (Å²) in [5.41, 5.74) is 5.14. The Morgan fingerprint density at radius 1 is 1.15 bits per heavy atom. The first-order valence-electron chi connectivity index (χ1n) is 8.64. The second-order valence-electron chi connectivity index (χ2n) is 6.52. The summed E-state index contributed by atoms with van der Waals surface area (Å²) in [6.45, 7) is 1.96. The number of rotatable bonds is 3. The number of carbonyl (C=O) groups excluding carboxylic acids is 1. The van der Waals surface area contributed by atoms with E-state index in [2.05, 4.69) is 0 Å². The monoisotopic (exact) mass is 366 g/mol. The Bertz CT molecular complexity index is 1010. The highest BCUT2D eigenvalue weighted by Gasteiger charge is 2.28. The van der Waals surface area contributed by atoms with E-state index in [9.17, 15) is 4.79 Å².